The number of quaternary nitrogens is 1. The molecule has 1 aromatic carbocycles. The first-order chi connectivity index (χ1) is 9.40. The Bertz CT molecular complexity index is 499. The van der Waals surface area contributed by atoms with Gasteiger partial charge in [-0.2, -0.15) is 0 Å². The molecule has 0 atom stereocenters. The van der Waals surface area contributed by atoms with Crippen molar-refractivity contribution in [2.45, 2.75) is 32.3 Å². The Morgan fingerprint density at radius 2 is 2.05 bits per heavy atom. The predicted octanol–water partition coefficient (Wildman–Crippen LogP) is 3.01. The van der Waals surface area contributed by atoms with Crippen molar-refractivity contribution in [3.05, 3.63) is 33.3 Å². The number of ether oxygens (including phenoxy) is 1. The number of hydrogen-bond donors (Lipinski definition) is 1. The van der Waals surface area contributed by atoms with Gasteiger partial charge in [-0.1, -0.05) is 11.6 Å². The fourth-order valence-electron chi connectivity index (χ4n) is 2.65. The second kappa shape index (κ2) is 6.46. The van der Waals surface area contributed by atoms with Crippen LogP contribution in [0, 0.1) is 5.92 Å². The maximum Gasteiger partial charge on any atom is 0.339 e. The summed E-state index contributed by atoms with van der Waals surface area (Å²) in [5.74, 6) is 0.0911. The summed E-state index contributed by atoms with van der Waals surface area (Å²) in [6, 6.07) is 5.14. The number of carbonyl (C=O) groups is 1. The van der Waals surface area contributed by atoms with E-state index in [0.717, 1.165) is 25.9 Å². The zero-order chi connectivity index (χ0) is 14.8. The average Bonchev–Trinajstić information content (AvgIpc) is 2.42. The van der Waals surface area contributed by atoms with E-state index in [2.05, 4.69) is 21.2 Å². The fraction of sp³-hybridized carbons (Fsp3) is 0.533. The molecule has 1 fully saturated rings. The van der Waals surface area contributed by atoms with Crippen molar-refractivity contribution in [3.8, 4) is 0 Å². The van der Waals surface area contributed by atoms with Gasteiger partial charge in [0.25, 0.3) is 0 Å². The predicted molar refractivity (Wildman–Crippen MR) is 83.0 cm³/mol. The first-order valence-corrected chi connectivity index (χ1v) is 8.07. The number of benzene rings is 1. The summed E-state index contributed by atoms with van der Waals surface area (Å²) in [6.07, 6.45) is 2.16. The molecule has 5 heteroatoms. The van der Waals surface area contributed by atoms with Crippen LogP contribution in [0.3, 0.4) is 0 Å². The third-order valence-corrected chi connectivity index (χ3v) is 4.85. The maximum absolute atomic E-state index is 12.4. The van der Waals surface area contributed by atoms with Crippen molar-refractivity contribution in [3.63, 3.8) is 0 Å². The summed E-state index contributed by atoms with van der Waals surface area (Å²) < 4.78 is 6.47. The summed E-state index contributed by atoms with van der Waals surface area (Å²) in [4.78, 5) is 12.4. The summed E-state index contributed by atoms with van der Waals surface area (Å²) in [5.41, 5.74) is 0.0283. The molecule has 2 N–H and O–H groups in total. The Kier molecular flexibility index (Phi) is 5.10. The normalized spacial score (nSPS) is 17.0. The number of esters is 1. The lowest BCUT2D eigenvalue weighted by Crippen LogP contribution is -2.86. The van der Waals surface area contributed by atoms with Crippen LogP contribution in [0.25, 0.3) is 0 Å². The molecule has 1 aliphatic rings. The quantitative estimate of drug-likeness (QED) is 0.841. The van der Waals surface area contributed by atoms with Gasteiger partial charge in [-0.3, -0.25) is 0 Å². The molecule has 20 heavy (non-hydrogen) atoms. The third kappa shape index (κ3) is 3.74. The molecular formula is C15H20BrClNO2+. The van der Waals surface area contributed by atoms with Crippen LogP contribution < -0.4 is 5.32 Å². The molecule has 2 rings (SSSR count). The van der Waals surface area contributed by atoms with Crippen molar-refractivity contribution in [1.29, 1.82) is 0 Å². The largest absolute Gasteiger partial charge is 0.456 e. The van der Waals surface area contributed by atoms with E-state index in [1.54, 1.807) is 18.2 Å². The molecule has 3 nitrogen and oxygen atoms in total. The topological polar surface area (TPSA) is 42.9 Å². The van der Waals surface area contributed by atoms with E-state index in [1.807, 2.05) is 13.8 Å². The molecule has 0 bridgehead atoms. The van der Waals surface area contributed by atoms with Crippen LogP contribution in [-0.4, -0.2) is 24.7 Å². The van der Waals surface area contributed by atoms with Gasteiger partial charge in [-0.15, -0.1) is 0 Å². The van der Waals surface area contributed by atoms with Gasteiger partial charge in [0.1, 0.15) is 5.60 Å². The highest BCUT2D eigenvalue weighted by Gasteiger charge is 2.35. The van der Waals surface area contributed by atoms with E-state index in [9.17, 15) is 4.79 Å². The summed E-state index contributed by atoms with van der Waals surface area (Å²) in [7, 11) is 0. The van der Waals surface area contributed by atoms with Crippen molar-refractivity contribution in [2.24, 2.45) is 5.92 Å². The van der Waals surface area contributed by atoms with E-state index >= 15 is 0 Å². The molecule has 0 unspecified atom stereocenters. The van der Waals surface area contributed by atoms with Crippen LogP contribution in [0.15, 0.2) is 22.7 Å². The van der Waals surface area contributed by atoms with Gasteiger partial charge in [0.15, 0.2) is 0 Å². The molecule has 0 aromatic heterocycles. The number of carbonyl (C=O) groups excluding carboxylic acids is 1. The Balaban J connectivity index is 2.11. The van der Waals surface area contributed by atoms with E-state index in [4.69, 9.17) is 16.3 Å². The molecule has 0 radical (unpaired) electrons. The van der Waals surface area contributed by atoms with Crippen molar-refractivity contribution in [1.82, 2.24) is 0 Å². The minimum atomic E-state index is -0.451. The zero-order valence-electron chi connectivity index (χ0n) is 11.8. The highest BCUT2D eigenvalue weighted by Crippen LogP contribution is 2.30. The van der Waals surface area contributed by atoms with Gasteiger partial charge >= 0.3 is 5.97 Å². The molecule has 0 amide bonds. The van der Waals surface area contributed by atoms with E-state index in [-0.39, 0.29) is 5.97 Å². The summed E-state index contributed by atoms with van der Waals surface area (Å²) in [6.45, 7) is 6.21. The standard InChI is InChI=1S/C15H19BrClNO2/c1-15(2,10-5-7-18-8-6-10)20-14(19)12-9-11(17)3-4-13(12)16/h3-4,9-10,18H,5-8H2,1-2H3/p+1. The van der Waals surface area contributed by atoms with Crippen LogP contribution in [0.5, 0.6) is 0 Å². The maximum atomic E-state index is 12.4. The van der Waals surface area contributed by atoms with E-state index in [0.29, 0.717) is 21.0 Å². The summed E-state index contributed by atoms with van der Waals surface area (Å²) >= 11 is 9.32. The fourth-order valence-corrected chi connectivity index (χ4v) is 3.23. The van der Waals surface area contributed by atoms with Gasteiger partial charge in [-0.25, -0.2) is 4.79 Å². The van der Waals surface area contributed by atoms with Crippen molar-refractivity contribution >= 4 is 33.5 Å². The van der Waals surface area contributed by atoms with E-state index in [1.165, 1.54) is 0 Å². The van der Waals surface area contributed by atoms with Crippen LogP contribution in [-0.2, 0) is 4.74 Å². The van der Waals surface area contributed by atoms with Gasteiger partial charge in [0.2, 0.25) is 0 Å². The molecule has 1 aliphatic heterocycles. The number of rotatable bonds is 3. The second-order valence-corrected chi connectivity index (χ2v) is 7.05. The molecule has 0 spiro atoms. The first kappa shape index (κ1) is 15.8. The lowest BCUT2D eigenvalue weighted by atomic mass is 9.83. The zero-order valence-corrected chi connectivity index (χ0v) is 14.1. The Labute approximate surface area is 133 Å². The lowest BCUT2D eigenvalue weighted by molar-refractivity contribution is -0.665. The monoisotopic (exact) mass is 360 g/mol. The van der Waals surface area contributed by atoms with Gasteiger partial charge < -0.3 is 10.1 Å². The van der Waals surface area contributed by atoms with Crippen LogP contribution in [0.1, 0.15) is 37.0 Å². The smallest absolute Gasteiger partial charge is 0.339 e. The number of nitrogens with two attached hydrogens (primary N) is 1. The minimum Gasteiger partial charge on any atom is -0.456 e. The summed E-state index contributed by atoms with van der Waals surface area (Å²) in [5, 5.41) is 2.84. The second-order valence-electron chi connectivity index (χ2n) is 5.76. The van der Waals surface area contributed by atoms with Crippen LogP contribution >= 0.6 is 27.5 Å². The van der Waals surface area contributed by atoms with Gasteiger partial charge in [0.05, 0.1) is 18.7 Å². The van der Waals surface area contributed by atoms with E-state index < -0.39 is 5.60 Å². The minimum absolute atomic E-state index is 0.320. The molecule has 110 valence electrons. The van der Waals surface area contributed by atoms with Crippen LogP contribution in [0.2, 0.25) is 5.02 Å². The SMILES string of the molecule is CC(C)(OC(=O)c1cc(Cl)ccc1Br)C1CC[NH2+]CC1. The Hall–Kier alpha value is -0.580. The van der Waals surface area contributed by atoms with Gasteiger partial charge in [-0.05, 0) is 48.0 Å². The number of piperidine rings is 1. The third-order valence-electron chi connectivity index (χ3n) is 3.93. The highest BCUT2D eigenvalue weighted by atomic mass is 79.9. The molecule has 1 aromatic rings. The lowest BCUT2D eigenvalue weighted by Gasteiger charge is -2.35. The molecule has 0 saturated carbocycles. The Morgan fingerprint density at radius 3 is 2.70 bits per heavy atom. The number of halogens is 2. The molecule has 0 aliphatic carbocycles. The molecule has 1 heterocycles. The van der Waals surface area contributed by atoms with Crippen molar-refractivity contribution in [2.75, 3.05) is 13.1 Å². The average molecular weight is 362 g/mol. The molecule has 1 saturated heterocycles. The highest BCUT2D eigenvalue weighted by molar-refractivity contribution is 9.10. The van der Waals surface area contributed by atoms with Crippen LogP contribution in [0.4, 0.5) is 0 Å². The Morgan fingerprint density at radius 1 is 1.40 bits per heavy atom. The number of hydrogen-bond acceptors (Lipinski definition) is 2. The first-order valence-electron chi connectivity index (χ1n) is 6.90. The van der Waals surface area contributed by atoms with Crippen molar-refractivity contribution < 1.29 is 14.8 Å². The van der Waals surface area contributed by atoms with Gasteiger partial charge in [0, 0.05) is 28.3 Å². The molecular weight excluding hydrogens is 342 g/mol.